The topological polar surface area (TPSA) is 38.8 Å². The molecule has 2 amide bonds. The monoisotopic (exact) mass is 368 g/mol. The molecule has 0 aliphatic carbocycles. The smallest absolute Gasteiger partial charge is 0.322 e. The van der Waals surface area contributed by atoms with Crippen LogP contribution < -0.4 is 5.32 Å². The Morgan fingerprint density at radius 3 is 2.76 bits per heavy atom. The van der Waals surface area contributed by atoms with Crippen LogP contribution in [0, 0.1) is 11.7 Å². The molecule has 0 bridgehead atoms. The average molecular weight is 369 g/mol. The van der Waals surface area contributed by atoms with Crippen LogP contribution in [0.15, 0.2) is 18.2 Å². The van der Waals surface area contributed by atoms with Crippen LogP contribution in [0.5, 0.6) is 0 Å². The van der Waals surface area contributed by atoms with Gasteiger partial charge in [-0.1, -0.05) is 17.7 Å². The second-order valence-corrected chi connectivity index (χ2v) is 7.50. The lowest BCUT2D eigenvalue weighted by Gasteiger charge is -2.38. The van der Waals surface area contributed by atoms with E-state index in [0.717, 1.165) is 32.1 Å². The molecular weight excluding hydrogens is 343 g/mol. The lowest BCUT2D eigenvalue weighted by atomic mass is 9.97. The number of urea groups is 1. The number of anilines is 1. The number of carbonyl (C=O) groups is 1. The summed E-state index contributed by atoms with van der Waals surface area (Å²) in [6.07, 6.45) is 2.56. The van der Waals surface area contributed by atoms with Crippen LogP contribution in [0.2, 0.25) is 5.02 Å². The quantitative estimate of drug-likeness (QED) is 0.891. The minimum Gasteiger partial charge on any atom is -0.322 e. The van der Waals surface area contributed by atoms with Crippen molar-refractivity contribution in [2.45, 2.75) is 12.8 Å². The van der Waals surface area contributed by atoms with Crippen LogP contribution in [0.3, 0.4) is 0 Å². The van der Waals surface area contributed by atoms with E-state index in [2.05, 4.69) is 22.2 Å². The van der Waals surface area contributed by atoms with E-state index < -0.39 is 5.82 Å². The van der Waals surface area contributed by atoms with Gasteiger partial charge in [-0.15, -0.1) is 0 Å². The Hall–Kier alpha value is -1.37. The van der Waals surface area contributed by atoms with Crippen molar-refractivity contribution in [1.82, 2.24) is 14.7 Å². The Labute approximate surface area is 153 Å². The van der Waals surface area contributed by atoms with Crippen molar-refractivity contribution in [3.8, 4) is 0 Å². The van der Waals surface area contributed by atoms with Gasteiger partial charge < -0.3 is 15.1 Å². The molecule has 1 aromatic carbocycles. The highest BCUT2D eigenvalue weighted by molar-refractivity contribution is 6.31. The highest BCUT2D eigenvalue weighted by Gasteiger charge is 2.25. The van der Waals surface area contributed by atoms with Crippen molar-refractivity contribution in [1.29, 1.82) is 0 Å². The Kier molecular flexibility index (Phi) is 6.15. The van der Waals surface area contributed by atoms with E-state index in [4.69, 9.17) is 11.6 Å². The fourth-order valence-electron chi connectivity index (χ4n) is 3.72. The second-order valence-electron chi connectivity index (χ2n) is 7.09. The van der Waals surface area contributed by atoms with Gasteiger partial charge in [0.25, 0.3) is 0 Å². The van der Waals surface area contributed by atoms with Crippen molar-refractivity contribution in [3.05, 3.63) is 29.0 Å². The minimum atomic E-state index is -0.586. The van der Waals surface area contributed by atoms with Gasteiger partial charge in [-0.2, -0.15) is 0 Å². The van der Waals surface area contributed by atoms with Crippen LogP contribution in [0.4, 0.5) is 14.9 Å². The number of likely N-dealkylation sites (tertiary alicyclic amines) is 1. The number of piperidine rings is 1. The molecule has 7 heteroatoms. The first-order valence-electron chi connectivity index (χ1n) is 8.94. The molecule has 2 aliphatic rings. The van der Waals surface area contributed by atoms with E-state index >= 15 is 0 Å². The van der Waals surface area contributed by atoms with Gasteiger partial charge in [0, 0.05) is 39.3 Å². The van der Waals surface area contributed by atoms with E-state index in [0.29, 0.717) is 13.1 Å². The Bertz CT molecular complexity index is 607. The van der Waals surface area contributed by atoms with Gasteiger partial charge >= 0.3 is 6.03 Å². The predicted octanol–water partition coefficient (Wildman–Crippen LogP) is 2.97. The van der Waals surface area contributed by atoms with E-state index in [-0.39, 0.29) is 16.7 Å². The molecule has 0 radical (unpaired) electrons. The Balaban J connectivity index is 1.47. The van der Waals surface area contributed by atoms with Gasteiger partial charge in [0.15, 0.2) is 5.82 Å². The summed E-state index contributed by atoms with van der Waals surface area (Å²) in [6.45, 7) is 6.52. The fourth-order valence-corrected chi connectivity index (χ4v) is 3.89. The van der Waals surface area contributed by atoms with Crippen LogP contribution in [0.1, 0.15) is 12.8 Å². The number of nitrogens with one attached hydrogen (secondary N) is 1. The number of hydrogen-bond acceptors (Lipinski definition) is 3. The molecule has 0 aromatic heterocycles. The second kappa shape index (κ2) is 8.34. The molecule has 0 unspecified atom stereocenters. The summed E-state index contributed by atoms with van der Waals surface area (Å²) in [5.41, 5.74) is 0.130. The minimum absolute atomic E-state index is 0.0140. The Morgan fingerprint density at radius 2 is 2.04 bits per heavy atom. The first kappa shape index (κ1) is 18.4. The van der Waals surface area contributed by atoms with E-state index in [1.54, 1.807) is 11.0 Å². The van der Waals surface area contributed by atoms with Crippen molar-refractivity contribution < 1.29 is 9.18 Å². The number of hydrogen-bond donors (Lipinski definition) is 1. The molecular formula is C18H26ClFN4O. The summed E-state index contributed by atoms with van der Waals surface area (Å²) in [5, 5.41) is 2.64. The number of rotatable bonds is 3. The summed E-state index contributed by atoms with van der Waals surface area (Å²) in [7, 11) is 2.18. The standard InChI is InChI=1S/C18H26ClFN4O/c1-22-7-3-4-14(12-22)13-23-8-10-24(11-9-23)18(25)21-16-6-2-5-15(19)17(16)20/h2,5-6,14H,3-4,7-13H2,1H3,(H,21,25)/t14-/m0/s1. The zero-order valence-electron chi connectivity index (χ0n) is 14.7. The number of amides is 2. The molecule has 2 heterocycles. The average Bonchev–Trinajstić information content (AvgIpc) is 2.59. The summed E-state index contributed by atoms with van der Waals surface area (Å²) in [5.74, 6) is 0.136. The van der Waals surface area contributed by atoms with Crippen LogP contribution in [-0.4, -0.2) is 73.6 Å². The highest BCUT2D eigenvalue weighted by Crippen LogP contribution is 2.22. The normalized spacial score (nSPS) is 22.8. The molecule has 5 nitrogen and oxygen atoms in total. The largest absolute Gasteiger partial charge is 0.322 e. The number of benzene rings is 1. The van der Waals surface area contributed by atoms with Gasteiger partial charge in [-0.25, -0.2) is 9.18 Å². The zero-order chi connectivity index (χ0) is 17.8. The van der Waals surface area contributed by atoms with Crippen molar-refractivity contribution >= 4 is 23.3 Å². The van der Waals surface area contributed by atoms with E-state index in [1.807, 2.05) is 0 Å². The first-order valence-corrected chi connectivity index (χ1v) is 9.31. The molecule has 2 saturated heterocycles. The van der Waals surface area contributed by atoms with Crippen LogP contribution in [0.25, 0.3) is 0 Å². The van der Waals surface area contributed by atoms with Crippen LogP contribution >= 0.6 is 11.6 Å². The summed E-state index contributed by atoms with van der Waals surface area (Å²) >= 11 is 5.76. The lowest BCUT2D eigenvalue weighted by Crippen LogP contribution is -2.51. The first-order chi connectivity index (χ1) is 12.0. The number of carbonyl (C=O) groups excluding carboxylic acids is 1. The lowest BCUT2D eigenvalue weighted by molar-refractivity contribution is 0.109. The van der Waals surface area contributed by atoms with Gasteiger partial charge in [0.1, 0.15) is 0 Å². The maximum absolute atomic E-state index is 13.9. The molecule has 1 atom stereocenters. The maximum Gasteiger partial charge on any atom is 0.322 e. The molecule has 1 N–H and O–H groups in total. The SMILES string of the molecule is CN1CCC[C@H](CN2CCN(C(=O)Nc3cccc(Cl)c3F)CC2)C1. The Morgan fingerprint density at radius 1 is 1.28 bits per heavy atom. The van der Waals surface area contributed by atoms with Gasteiger partial charge in [0.05, 0.1) is 10.7 Å². The van der Waals surface area contributed by atoms with Crippen LogP contribution in [-0.2, 0) is 0 Å². The summed E-state index contributed by atoms with van der Waals surface area (Å²) in [6, 6.07) is 4.35. The molecule has 2 aliphatic heterocycles. The van der Waals surface area contributed by atoms with Gasteiger partial charge in [0.2, 0.25) is 0 Å². The molecule has 0 saturated carbocycles. The maximum atomic E-state index is 13.9. The highest BCUT2D eigenvalue weighted by atomic mass is 35.5. The summed E-state index contributed by atoms with van der Waals surface area (Å²) in [4.78, 5) is 18.9. The van der Waals surface area contributed by atoms with Crippen molar-refractivity contribution in [2.75, 3.05) is 58.2 Å². The molecule has 25 heavy (non-hydrogen) atoms. The number of halogens is 2. The molecule has 138 valence electrons. The van der Waals surface area contributed by atoms with Crippen molar-refractivity contribution in [3.63, 3.8) is 0 Å². The predicted molar refractivity (Wildman–Crippen MR) is 98.7 cm³/mol. The molecule has 0 spiro atoms. The fraction of sp³-hybridized carbons (Fsp3) is 0.611. The third-order valence-corrected chi connectivity index (χ3v) is 5.38. The number of piperazine rings is 1. The van der Waals surface area contributed by atoms with Gasteiger partial charge in [-0.05, 0) is 44.5 Å². The molecule has 3 rings (SSSR count). The third kappa shape index (κ3) is 4.84. The van der Waals surface area contributed by atoms with Gasteiger partial charge in [-0.3, -0.25) is 4.90 Å². The summed E-state index contributed by atoms with van der Waals surface area (Å²) < 4.78 is 13.9. The van der Waals surface area contributed by atoms with Crippen molar-refractivity contribution in [2.24, 2.45) is 5.92 Å². The number of nitrogens with zero attached hydrogens (tertiary/aromatic N) is 3. The van der Waals surface area contributed by atoms with E-state index in [1.165, 1.54) is 31.5 Å². The molecule has 1 aromatic rings. The van der Waals surface area contributed by atoms with E-state index in [9.17, 15) is 9.18 Å². The molecule has 2 fully saturated rings. The third-order valence-electron chi connectivity index (χ3n) is 5.09. The zero-order valence-corrected chi connectivity index (χ0v) is 15.4.